The highest BCUT2D eigenvalue weighted by Crippen LogP contribution is 2.26. The zero-order valence-corrected chi connectivity index (χ0v) is 9.34. The van der Waals surface area contributed by atoms with Gasteiger partial charge in [0, 0.05) is 5.56 Å². The van der Waals surface area contributed by atoms with Crippen molar-refractivity contribution < 1.29 is 5.11 Å². The molecule has 1 heterocycles. The lowest BCUT2D eigenvalue weighted by Crippen LogP contribution is -1.87. The number of nitrogens with zero attached hydrogens (tertiary/aromatic N) is 2. The van der Waals surface area contributed by atoms with Crippen LogP contribution in [0.5, 0.6) is 5.75 Å². The average Bonchev–Trinajstić information content (AvgIpc) is 2.18. The summed E-state index contributed by atoms with van der Waals surface area (Å²) in [5.74, 6) is 0.238. The zero-order chi connectivity index (χ0) is 9.97. The number of rotatable bonds is 1. The molecule has 0 aliphatic rings. The summed E-state index contributed by atoms with van der Waals surface area (Å²) in [5.41, 5.74) is 1.47. The number of aromatic hydroxyl groups is 1. The normalized spacial score (nSPS) is 10.1. The fourth-order valence-electron chi connectivity index (χ4n) is 1.17. The Balaban J connectivity index is 2.55. The van der Waals surface area contributed by atoms with E-state index in [9.17, 15) is 5.11 Å². The van der Waals surface area contributed by atoms with E-state index in [2.05, 4.69) is 32.6 Å². The average molecular weight is 298 g/mol. The predicted molar refractivity (Wildman–Crippen MR) is 61.8 cm³/mol. The van der Waals surface area contributed by atoms with Gasteiger partial charge in [0.2, 0.25) is 0 Å². The first-order chi connectivity index (χ1) is 6.77. The van der Waals surface area contributed by atoms with Gasteiger partial charge in [0.25, 0.3) is 0 Å². The minimum atomic E-state index is 0.238. The van der Waals surface area contributed by atoms with Gasteiger partial charge in [0.05, 0.1) is 5.69 Å². The molecule has 4 heteroatoms. The standard InChI is InChI=1S/C10H7IN2O/c11-10-5-8(12-6-13-10)7-3-1-2-4-9(7)14/h1-6,14H. The Bertz CT molecular complexity index is 459. The Hall–Kier alpha value is -1.17. The van der Waals surface area contributed by atoms with Crippen LogP contribution in [0.2, 0.25) is 0 Å². The van der Waals surface area contributed by atoms with Crippen molar-refractivity contribution in [3.05, 3.63) is 40.4 Å². The molecule has 0 aliphatic heterocycles. The van der Waals surface area contributed by atoms with Crippen molar-refractivity contribution >= 4 is 22.6 Å². The third-order valence-electron chi connectivity index (χ3n) is 1.81. The highest BCUT2D eigenvalue weighted by molar-refractivity contribution is 14.1. The van der Waals surface area contributed by atoms with E-state index in [1.807, 2.05) is 18.2 Å². The lowest BCUT2D eigenvalue weighted by molar-refractivity contribution is 0.477. The van der Waals surface area contributed by atoms with Gasteiger partial charge < -0.3 is 5.11 Å². The second kappa shape index (κ2) is 3.91. The van der Waals surface area contributed by atoms with Crippen LogP contribution in [-0.2, 0) is 0 Å². The van der Waals surface area contributed by atoms with Gasteiger partial charge in [-0.15, -0.1) is 0 Å². The van der Waals surface area contributed by atoms with E-state index in [1.54, 1.807) is 12.1 Å². The van der Waals surface area contributed by atoms with Crippen molar-refractivity contribution in [2.45, 2.75) is 0 Å². The lowest BCUT2D eigenvalue weighted by Gasteiger charge is -2.02. The Morgan fingerprint density at radius 1 is 1.14 bits per heavy atom. The van der Waals surface area contributed by atoms with E-state index < -0.39 is 0 Å². The topological polar surface area (TPSA) is 46.0 Å². The Kier molecular flexibility index (Phi) is 2.62. The van der Waals surface area contributed by atoms with Crippen LogP contribution in [0.1, 0.15) is 0 Å². The van der Waals surface area contributed by atoms with Crippen LogP contribution in [0.4, 0.5) is 0 Å². The third kappa shape index (κ3) is 1.84. The van der Waals surface area contributed by atoms with Gasteiger partial charge in [0.15, 0.2) is 0 Å². The Morgan fingerprint density at radius 3 is 2.64 bits per heavy atom. The van der Waals surface area contributed by atoms with Gasteiger partial charge in [-0.05, 0) is 40.8 Å². The van der Waals surface area contributed by atoms with Gasteiger partial charge >= 0.3 is 0 Å². The molecule has 1 aromatic heterocycles. The van der Waals surface area contributed by atoms with E-state index in [0.29, 0.717) is 0 Å². The summed E-state index contributed by atoms with van der Waals surface area (Å²) in [4.78, 5) is 8.08. The number of phenolic OH excluding ortho intramolecular Hbond substituents is 1. The molecule has 0 aliphatic carbocycles. The number of para-hydroxylation sites is 1. The van der Waals surface area contributed by atoms with E-state index in [-0.39, 0.29) is 5.75 Å². The summed E-state index contributed by atoms with van der Waals surface area (Å²) in [5, 5.41) is 9.59. The second-order valence-electron chi connectivity index (χ2n) is 2.74. The quantitative estimate of drug-likeness (QED) is 0.650. The molecule has 0 saturated carbocycles. The summed E-state index contributed by atoms with van der Waals surface area (Å²) >= 11 is 2.11. The molecular weight excluding hydrogens is 291 g/mol. The molecule has 14 heavy (non-hydrogen) atoms. The van der Waals surface area contributed by atoms with E-state index in [1.165, 1.54) is 6.33 Å². The molecule has 0 amide bonds. The van der Waals surface area contributed by atoms with Crippen molar-refractivity contribution in [3.63, 3.8) is 0 Å². The summed E-state index contributed by atoms with van der Waals surface area (Å²) in [6, 6.07) is 8.95. The van der Waals surface area contributed by atoms with Crippen LogP contribution in [0.15, 0.2) is 36.7 Å². The van der Waals surface area contributed by atoms with Crippen LogP contribution in [0.3, 0.4) is 0 Å². The molecule has 70 valence electrons. The minimum Gasteiger partial charge on any atom is -0.507 e. The number of aromatic nitrogens is 2. The van der Waals surface area contributed by atoms with Crippen LogP contribution in [0, 0.1) is 3.70 Å². The third-order valence-corrected chi connectivity index (χ3v) is 2.40. The first-order valence-electron chi connectivity index (χ1n) is 4.03. The summed E-state index contributed by atoms with van der Waals surface area (Å²) < 4.78 is 0.857. The molecule has 0 bridgehead atoms. The maximum Gasteiger partial charge on any atom is 0.124 e. The summed E-state index contributed by atoms with van der Waals surface area (Å²) in [7, 11) is 0. The number of hydrogen-bond donors (Lipinski definition) is 1. The van der Waals surface area contributed by atoms with Crippen molar-refractivity contribution in [3.8, 4) is 17.0 Å². The van der Waals surface area contributed by atoms with E-state index in [0.717, 1.165) is 15.0 Å². The van der Waals surface area contributed by atoms with Gasteiger partial charge in [-0.25, -0.2) is 9.97 Å². The number of phenols is 1. The molecule has 0 fully saturated rings. The monoisotopic (exact) mass is 298 g/mol. The Morgan fingerprint density at radius 2 is 1.93 bits per heavy atom. The largest absolute Gasteiger partial charge is 0.507 e. The molecule has 1 N–H and O–H groups in total. The van der Waals surface area contributed by atoms with Gasteiger partial charge in [-0.3, -0.25) is 0 Å². The molecule has 2 rings (SSSR count). The van der Waals surface area contributed by atoms with Crippen molar-refractivity contribution in [1.29, 1.82) is 0 Å². The van der Waals surface area contributed by atoms with Gasteiger partial charge in [-0.1, -0.05) is 12.1 Å². The van der Waals surface area contributed by atoms with Gasteiger partial charge in [-0.2, -0.15) is 0 Å². The molecule has 0 radical (unpaired) electrons. The first kappa shape index (κ1) is 9.39. The maximum atomic E-state index is 9.59. The molecule has 0 saturated heterocycles. The first-order valence-corrected chi connectivity index (χ1v) is 5.11. The number of hydrogen-bond acceptors (Lipinski definition) is 3. The minimum absolute atomic E-state index is 0.238. The fourth-order valence-corrected chi connectivity index (χ4v) is 1.59. The highest BCUT2D eigenvalue weighted by Gasteiger charge is 2.04. The maximum absolute atomic E-state index is 9.59. The number of benzene rings is 1. The molecule has 0 unspecified atom stereocenters. The van der Waals surface area contributed by atoms with Crippen molar-refractivity contribution in [2.24, 2.45) is 0 Å². The molecule has 0 spiro atoms. The van der Waals surface area contributed by atoms with E-state index >= 15 is 0 Å². The van der Waals surface area contributed by atoms with Crippen LogP contribution < -0.4 is 0 Å². The van der Waals surface area contributed by atoms with Crippen LogP contribution >= 0.6 is 22.6 Å². The summed E-state index contributed by atoms with van der Waals surface area (Å²) in [6.45, 7) is 0. The molecule has 0 atom stereocenters. The Labute approximate surface area is 95.0 Å². The predicted octanol–water partition coefficient (Wildman–Crippen LogP) is 2.45. The second-order valence-corrected chi connectivity index (χ2v) is 3.85. The lowest BCUT2D eigenvalue weighted by atomic mass is 10.1. The molecule has 2 aromatic rings. The molecular formula is C10H7IN2O. The van der Waals surface area contributed by atoms with Crippen molar-refractivity contribution in [1.82, 2.24) is 9.97 Å². The van der Waals surface area contributed by atoms with Crippen molar-refractivity contribution in [2.75, 3.05) is 0 Å². The molecule has 1 aromatic carbocycles. The van der Waals surface area contributed by atoms with Gasteiger partial charge in [0.1, 0.15) is 15.8 Å². The van der Waals surface area contributed by atoms with Crippen LogP contribution in [0.25, 0.3) is 11.3 Å². The summed E-state index contributed by atoms with van der Waals surface area (Å²) in [6.07, 6.45) is 1.49. The smallest absolute Gasteiger partial charge is 0.124 e. The van der Waals surface area contributed by atoms with Crippen LogP contribution in [-0.4, -0.2) is 15.1 Å². The zero-order valence-electron chi connectivity index (χ0n) is 7.18. The fraction of sp³-hybridized carbons (Fsp3) is 0. The highest BCUT2D eigenvalue weighted by atomic mass is 127. The molecule has 3 nitrogen and oxygen atoms in total. The number of halogens is 1. The SMILES string of the molecule is Oc1ccccc1-c1cc(I)ncn1. The van der Waals surface area contributed by atoms with E-state index in [4.69, 9.17) is 0 Å².